The van der Waals surface area contributed by atoms with Gasteiger partial charge in [-0.05, 0) is 12.3 Å². The quantitative estimate of drug-likeness (QED) is 0.755. The number of ether oxygens (including phenoxy) is 1. The molecule has 106 valence electrons. The van der Waals surface area contributed by atoms with E-state index in [9.17, 15) is 4.79 Å². The molecule has 0 aromatic carbocycles. The molecule has 1 aliphatic rings. The second-order valence-electron chi connectivity index (χ2n) is 5.84. The van der Waals surface area contributed by atoms with Gasteiger partial charge in [0.05, 0.1) is 13.2 Å². The van der Waals surface area contributed by atoms with Crippen LogP contribution >= 0.6 is 0 Å². The topological polar surface area (TPSA) is 67.6 Å². The second kappa shape index (κ2) is 6.50. The molecule has 1 aliphatic heterocycles. The molecule has 1 heterocycles. The van der Waals surface area contributed by atoms with Crippen molar-refractivity contribution in [2.45, 2.75) is 39.8 Å². The van der Waals surface area contributed by atoms with Crippen molar-refractivity contribution in [2.24, 2.45) is 11.1 Å². The number of carbonyl (C=O) groups is 1. The highest BCUT2D eigenvalue weighted by Crippen LogP contribution is 2.26. The Balaban J connectivity index is 2.83. The van der Waals surface area contributed by atoms with Crippen LogP contribution in [0, 0.1) is 5.41 Å². The predicted octanol–water partition coefficient (Wildman–Crippen LogP) is 0.197. The van der Waals surface area contributed by atoms with Crippen molar-refractivity contribution in [1.82, 2.24) is 10.2 Å². The number of nitrogens with one attached hydrogen (secondary N) is 1. The zero-order valence-corrected chi connectivity index (χ0v) is 12.0. The van der Waals surface area contributed by atoms with Crippen LogP contribution in [0.5, 0.6) is 0 Å². The van der Waals surface area contributed by atoms with E-state index in [2.05, 4.69) is 31.0 Å². The average molecular weight is 257 g/mol. The van der Waals surface area contributed by atoms with Crippen LogP contribution in [0.2, 0.25) is 0 Å². The first kappa shape index (κ1) is 15.4. The molecule has 2 atom stereocenters. The molecule has 0 aliphatic carbocycles. The van der Waals surface area contributed by atoms with Crippen molar-refractivity contribution in [3.63, 3.8) is 0 Å². The Labute approximate surface area is 110 Å². The third-order valence-corrected chi connectivity index (χ3v) is 3.45. The van der Waals surface area contributed by atoms with Crippen LogP contribution in [0.4, 0.5) is 0 Å². The fourth-order valence-corrected chi connectivity index (χ4v) is 2.49. The maximum atomic E-state index is 12.1. The van der Waals surface area contributed by atoms with E-state index in [4.69, 9.17) is 10.5 Å². The van der Waals surface area contributed by atoms with Gasteiger partial charge in [0.2, 0.25) is 5.91 Å². The summed E-state index contributed by atoms with van der Waals surface area (Å²) in [7, 11) is 0. The summed E-state index contributed by atoms with van der Waals surface area (Å²) in [6.07, 6.45) is 0. The first-order valence-electron chi connectivity index (χ1n) is 6.73. The molecule has 1 rings (SSSR count). The number of carbonyl (C=O) groups excluding carboxylic acids is 1. The van der Waals surface area contributed by atoms with E-state index in [1.165, 1.54) is 0 Å². The molecule has 5 nitrogen and oxygen atoms in total. The summed E-state index contributed by atoms with van der Waals surface area (Å²) in [4.78, 5) is 14.3. The lowest BCUT2D eigenvalue weighted by atomic mass is 9.84. The van der Waals surface area contributed by atoms with Crippen LogP contribution < -0.4 is 11.1 Å². The lowest BCUT2D eigenvalue weighted by Crippen LogP contribution is -2.61. The van der Waals surface area contributed by atoms with E-state index >= 15 is 0 Å². The predicted molar refractivity (Wildman–Crippen MR) is 72.3 cm³/mol. The Bertz CT molecular complexity index is 276. The molecule has 0 saturated carbocycles. The van der Waals surface area contributed by atoms with Gasteiger partial charge >= 0.3 is 0 Å². The summed E-state index contributed by atoms with van der Waals surface area (Å²) in [5.41, 5.74) is 5.96. The fraction of sp³-hybridized carbons (Fsp3) is 0.923. The summed E-state index contributed by atoms with van der Waals surface area (Å²) in [6, 6.07) is -0.0273. The molecule has 0 radical (unpaired) electrons. The van der Waals surface area contributed by atoms with Crippen LogP contribution in [0.15, 0.2) is 0 Å². The number of nitrogens with zero attached hydrogens (tertiary/aromatic N) is 1. The molecule has 18 heavy (non-hydrogen) atoms. The smallest absolute Gasteiger partial charge is 0.239 e. The molecule has 0 spiro atoms. The van der Waals surface area contributed by atoms with Gasteiger partial charge in [0, 0.05) is 25.7 Å². The summed E-state index contributed by atoms with van der Waals surface area (Å²) < 4.78 is 5.44. The van der Waals surface area contributed by atoms with E-state index < -0.39 is 0 Å². The number of hydrogen-bond acceptors (Lipinski definition) is 4. The first-order chi connectivity index (χ1) is 8.41. The van der Waals surface area contributed by atoms with Gasteiger partial charge in [0.25, 0.3) is 0 Å². The minimum atomic E-state index is -0.216. The van der Waals surface area contributed by atoms with E-state index in [1.54, 1.807) is 0 Å². The van der Waals surface area contributed by atoms with Crippen LogP contribution in [0.25, 0.3) is 0 Å². The van der Waals surface area contributed by atoms with Crippen molar-refractivity contribution in [3.8, 4) is 0 Å². The molecule has 0 aromatic rings. The van der Waals surface area contributed by atoms with Crippen LogP contribution in [-0.2, 0) is 9.53 Å². The van der Waals surface area contributed by atoms with Crippen molar-refractivity contribution < 1.29 is 9.53 Å². The fourth-order valence-electron chi connectivity index (χ4n) is 2.49. The number of amides is 1. The highest BCUT2D eigenvalue weighted by Gasteiger charge is 2.38. The Morgan fingerprint density at radius 1 is 1.56 bits per heavy atom. The molecular weight excluding hydrogens is 230 g/mol. The lowest BCUT2D eigenvalue weighted by molar-refractivity contribution is -0.136. The van der Waals surface area contributed by atoms with E-state index in [-0.39, 0.29) is 23.4 Å². The molecule has 5 heteroatoms. The highest BCUT2D eigenvalue weighted by atomic mass is 16.5. The molecule has 3 N–H and O–H groups in total. The van der Waals surface area contributed by atoms with Crippen LogP contribution in [0.3, 0.4) is 0 Å². The van der Waals surface area contributed by atoms with Crippen molar-refractivity contribution in [3.05, 3.63) is 0 Å². The Morgan fingerprint density at radius 3 is 2.72 bits per heavy atom. The second-order valence-corrected chi connectivity index (χ2v) is 5.84. The van der Waals surface area contributed by atoms with Gasteiger partial charge in [-0.2, -0.15) is 0 Å². The van der Waals surface area contributed by atoms with Gasteiger partial charge in [-0.1, -0.05) is 20.8 Å². The SMILES string of the molecule is CCNC(=O)C1COCCN1C(CN)C(C)(C)C. The molecule has 0 aromatic heterocycles. The summed E-state index contributed by atoms with van der Waals surface area (Å²) in [5.74, 6) is 0.0416. The van der Waals surface area contributed by atoms with Crippen molar-refractivity contribution in [1.29, 1.82) is 0 Å². The first-order valence-corrected chi connectivity index (χ1v) is 6.73. The summed E-state index contributed by atoms with van der Waals surface area (Å²) >= 11 is 0. The summed E-state index contributed by atoms with van der Waals surface area (Å²) in [6.45, 7) is 11.5. The van der Waals surface area contributed by atoms with Gasteiger partial charge in [0.1, 0.15) is 6.04 Å². The third kappa shape index (κ3) is 3.67. The molecular formula is C13H27N3O2. The van der Waals surface area contributed by atoms with Crippen molar-refractivity contribution >= 4 is 5.91 Å². The van der Waals surface area contributed by atoms with Gasteiger partial charge < -0.3 is 15.8 Å². The molecule has 1 amide bonds. The molecule has 0 bridgehead atoms. The zero-order chi connectivity index (χ0) is 13.8. The highest BCUT2D eigenvalue weighted by molar-refractivity contribution is 5.82. The molecule has 2 unspecified atom stereocenters. The van der Waals surface area contributed by atoms with Gasteiger partial charge in [-0.3, -0.25) is 9.69 Å². The van der Waals surface area contributed by atoms with E-state index in [0.717, 1.165) is 6.54 Å². The van der Waals surface area contributed by atoms with Crippen LogP contribution in [0.1, 0.15) is 27.7 Å². The normalized spacial score (nSPS) is 23.7. The summed E-state index contributed by atoms with van der Waals surface area (Å²) in [5, 5.41) is 2.87. The number of hydrogen-bond donors (Lipinski definition) is 2. The van der Waals surface area contributed by atoms with E-state index in [1.807, 2.05) is 6.92 Å². The Morgan fingerprint density at radius 2 is 2.22 bits per heavy atom. The largest absolute Gasteiger partial charge is 0.378 e. The Hall–Kier alpha value is -0.650. The number of rotatable bonds is 4. The minimum Gasteiger partial charge on any atom is -0.378 e. The maximum absolute atomic E-state index is 12.1. The molecule has 1 fully saturated rings. The van der Waals surface area contributed by atoms with Gasteiger partial charge in [-0.25, -0.2) is 0 Å². The van der Waals surface area contributed by atoms with E-state index in [0.29, 0.717) is 26.3 Å². The van der Waals surface area contributed by atoms with Gasteiger partial charge in [-0.15, -0.1) is 0 Å². The number of morpholine rings is 1. The standard InChI is InChI=1S/C13H27N3O2/c1-5-15-12(17)10-9-18-7-6-16(10)11(8-14)13(2,3)4/h10-11H,5-9,14H2,1-4H3,(H,15,17). The maximum Gasteiger partial charge on any atom is 0.239 e. The molecule has 1 saturated heterocycles. The average Bonchev–Trinajstić information content (AvgIpc) is 2.29. The third-order valence-electron chi connectivity index (χ3n) is 3.45. The van der Waals surface area contributed by atoms with Crippen LogP contribution in [-0.4, -0.2) is 55.7 Å². The zero-order valence-electron chi connectivity index (χ0n) is 12.0. The van der Waals surface area contributed by atoms with Gasteiger partial charge in [0.15, 0.2) is 0 Å². The van der Waals surface area contributed by atoms with Crippen molar-refractivity contribution in [2.75, 3.05) is 32.8 Å². The number of likely N-dealkylation sites (N-methyl/N-ethyl adjacent to an activating group) is 1. The monoisotopic (exact) mass is 257 g/mol. The lowest BCUT2D eigenvalue weighted by Gasteiger charge is -2.45. The Kier molecular flexibility index (Phi) is 5.56. The minimum absolute atomic E-state index is 0.0416. The number of nitrogens with two attached hydrogens (primary N) is 1.